The summed E-state index contributed by atoms with van der Waals surface area (Å²) in [6.07, 6.45) is 8.67. The molecular weight excluding hydrogens is 199 g/mol. The van der Waals surface area contributed by atoms with Gasteiger partial charge in [0.05, 0.1) is 0 Å². The van der Waals surface area contributed by atoms with Crippen molar-refractivity contribution < 1.29 is 4.39 Å². The molecule has 0 saturated heterocycles. The van der Waals surface area contributed by atoms with Gasteiger partial charge in [0.25, 0.3) is 0 Å². The monoisotopic (exact) mass is 216 g/mol. The van der Waals surface area contributed by atoms with Crippen LogP contribution in [0.1, 0.15) is 24.0 Å². The quantitative estimate of drug-likeness (QED) is 0.672. The van der Waals surface area contributed by atoms with Gasteiger partial charge in [-0.2, -0.15) is 0 Å². The molecule has 0 nitrogen and oxygen atoms in total. The van der Waals surface area contributed by atoms with Crippen LogP contribution < -0.4 is 0 Å². The van der Waals surface area contributed by atoms with Crippen LogP contribution in [0.15, 0.2) is 36.4 Å². The fraction of sp³-hybridized carbons (Fsp3) is 0.467. The zero-order valence-electron chi connectivity index (χ0n) is 9.40. The Labute approximate surface area is 96.2 Å². The van der Waals surface area contributed by atoms with E-state index in [1.54, 1.807) is 0 Å². The molecule has 0 heterocycles. The normalized spacial score (nSPS) is 31.2. The predicted molar refractivity (Wildman–Crippen MR) is 63.8 cm³/mol. The summed E-state index contributed by atoms with van der Waals surface area (Å²) in [5.74, 6) is 2.48. The average Bonchev–Trinajstić information content (AvgIpc) is 2.92. The Balaban J connectivity index is 1.68. The van der Waals surface area contributed by atoms with Crippen molar-refractivity contribution >= 4 is 0 Å². The lowest BCUT2D eigenvalue weighted by Gasteiger charge is -2.17. The zero-order valence-corrected chi connectivity index (χ0v) is 9.40. The van der Waals surface area contributed by atoms with E-state index >= 15 is 0 Å². The van der Waals surface area contributed by atoms with E-state index in [-0.39, 0.29) is 6.67 Å². The molecule has 2 aliphatic rings. The van der Waals surface area contributed by atoms with Gasteiger partial charge < -0.3 is 0 Å². The molecule has 0 radical (unpaired) electrons. The number of rotatable bonds is 3. The number of allylic oxidation sites excluding steroid dienone is 2. The average molecular weight is 216 g/mol. The fourth-order valence-corrected chi connectivity index (χ4v) is 3.20. The summed E-state index contributed by atoms with van der Waals surface area (Å²) in [6, 6.07) is 8.01. The third-order valence-electron chi connectivity index (χ3n) is 4.09. The molecule has 1 aromatic carbocycles. The van der Waals surface area contributed by atoms with Gasteiger partial charge in [0, 0.05) is 0 Å². The van der Waals surface area contributed by atoms with Crippen molar-refractivity contribution in [2.45, 2.75) is 25.9 Å². The minimum absolute atomic E-state index is 0.350. The van der Waals surface area contributed by atoms with Gasteiger partial charge in [-0.1, -0.05) is 36.4 Å². The van der Waals surface area contributed by atoms with E-state index in [1.165, 1.54) is 18.4 Å². The Bertz CT molecular complexity index is 390. The second-order valence-electron chi connectivity index (χ2n) is 5.19. The molecule has 0 amide bonds. The highest BCUT2D eigenvalue weighted by Gasteiger charge is 2.35. The number of benzene rings is 1. The Morgan fingerprint density at radius 2 is 1.75 bits per heavy atom. The van der Waals surface area contributed by atoms with Gasteiger partial charge in [0.1, 0.15) is 6.67 Å². The van der Waals surface area contributed by atoms with Crippen LogP contribution in [0.5, 0.6) is 0 Å². The smallest absolute Gasteiger partial charge is 0.115 e. The van der Waals surface area contributed by atoms with E-state index in [9.17, 15) is 4.39 Å². The number of alkyl halides is 1. The Kier molecular flexibility index (Phi) is 2.55. The van der Waals surface area contributed by atoms with E-state index in [2.05, 4.69) is 24.3 Å². The van der Waals surface area contributed by atoms with Gasteiger partial charge in [-0.05, 0) is 48.1 Å². The Hall–Kier alpha value is -1.11. The highest BCUT2D eigenvalue weighted by atomic mass is 19.1. The first kappa shape index (κ1) is 10.1. The molecule has 3 unspecified atom stereocenters. The summed E-state index contributed by atoms with van der Waals surface area (Å²) >= 11 is 0. The van der Waals surface area contributed by atoms with E-state index in [0.29, 0.717) is 0 Å². The standard InChI is InChI=1S/C15H17F/c16-10-12-3-1-11(2-4-12)7-15-9-13-5-6-14(15)8-13/h1-6,13-15H,7-10H2. The number of fused-ring (bicyclic) bond motifs is 2. The highest BCUT2D eigenvalue weighted by molar-refractivity contribution is 5.23. The largest absolute Gasteiger partial charge is 0.246 e. The van der Waals surface area contributed by atoms with E-state index < -0.39 is 0 Å². The molecule has 16 heavy (non-hydrogen) atoms. The van der Waals surface area contributed by atoms with Crippen LogP contribution in [0.3, 0.4) is 0 Å². The Morgan fingerprint density at radius 1 is 1.00 bits per heavy atom. The predicted octanol–water partition coefficient (Wildman–Crippen LogP) is 3.91. The lowest BCUT2D eigenvalue weighted by Crippen LogP contribution is -2.10. The molecule has 0 spiro atoms. The van der Waals surface area contributed by atoms with Gasteiger partial charge in [0.15, 0.2) is 0 Å². The minimum atomic E-state index is -0.350. The topological polar surface area (TPSA) is 0 Å². The second kappa shape index (κ2) is 4.04. The summed E-state index contributed by atoms with van der Waals surface area (Å²) in [5, 5.41) is 0. The van der Waals surface area contributed by atoms with Crippen LogP contribution >= 0.6 is 0 Å². The molecule has 2 bridgehead atoms. The highest BCUT2D eigenvalue weighted by Crippen LogP contribution is 2.44. The zero-order chi connectivity index (χ0) is 11.0. The molecule has 3 rings (SSSR count). The molecule has 3 atom stereocenters. The van der Waals surface area contributed by atoms with Gasteiger partial charge in [-0.25, -0.2) is 4.39 Å². The number of halogens is 1. The second-order valence-corrected chi connectivity index (χ2v) is 5.19. The van der Waals surface area contributed by atoms with E-state index in [4.69, 9.17) is 0 Å². The first-order valence-corrected chi connectivity index (χ1v) is 6.17. The van der Waals surface area contributed by atoms with Gasteiger partial charge in [-0.15, -0.1) is 0 Å². The molecule has 0 aliphatic heterocycles. The minimum Gasteiger partial charge on any atom is -0.246 e. The summed E-state index contributed by atoms with van der Waals surface area (Å²) in [4.78, 5) is 0. The van der Waals surface area contributed by atoms with Crippen LogP contribution in [-0.2, 0) is 13.1 Å². The molecule has 1 heteroatoms. The first-order valence-electron chi connectivity index (χ1n) is 6.17. The molecule has 1 saturated carbocycles. The third-order valence-corrected chi connectivity index (χ3v) is 4.09. The van der Waals surface area contributed by atoms with Crippen LogP contribution in [-0.4, -0.2) is 0 Å². The maximum absolute atomic E-state index is 12.4. The molecule has 1 aromatic rings. The van der Waals surface area contributed by atoms with Crippen molar-refractivity contribution in [2.75, 3.05) is 0 Å². The molecule has 84 valence electrons. The molecular formula is C15H17F. The van der Waals surface area contributed by atoms with Gasteiger partial charge >= 0.3 is 0 Å². The summed E-state index contributed by atoms with van der Waals surface area (Å²) in [5.41, 5.74) is 2.15. The lowest BCUT2D eigenvalue weighted by molar-refractivity contribution is 0.445. The molecule has 2 aliphatic carbocycles. The van der Waals surface area contributed by atoms with Crippen molar-refractivity contribution in [3.05, 3.63) is 47.5 Å². The van der Waals surface area contributed by atoms with Crippen molar-refractivity contribution in [1.82, 2.24) is 0 Å². The van der Waals surface area contributed by atoms with E-state index in [0.717, 1.165) is 29.7 Å². The number of hydrogen-bond donors (Lipinski definition) is 0. The molecule has 1 fully saturated rings. The van der Waals surface area contributed by atoms with Crippen LogP contribution in [0.4, 0.5) is 4.39 Å². The van der Waals surface area contributed by atoms with Crippen molar-refractivity contribution in [3.63, 3.8) is 0 Å². The SMILES string of the molecule is FCc1ccc(CC2CC3C=CC2C3)cc1. The fourth-order valence-electron chi connectivity index (χ4n) is 3.20. The third kappa shape index (κ3) is 1.79. The van der Waals surface area contributed by atoms with Crippen LogP contribution in [0.2, 0.25) is 0 Å². The lowest BCUT2D eigenvalue weighted by atomic mass is 9.87. The van der Waals surface area contributed by atoms with Gasteiger partial charge in [-0.3, -0.25) is 0 Å². The first-order chi connectivity index (χ1) is 7.85. The van der Waals surface area contributed by atoms with Crippen molar-refractivity contribution in [1.29, 1.82) is 0 Å². The molecule has 0 N–H and O–H groups in total. The van der Waals surface area contributed by atoms with E-state index in [1.807, 2.05) is 12.1 Å². The Morgan fingerprint density at radius 3 is 2.31 bits per heavy atom. The van der Waals surface area contributed by atoms with Crippen molar-refractivity contribution in [2.24, 2.45) is 17.8 Å². The summed E-state index contributed by atoms with van der Waals surface area (Å²) in [7, 11) is 0. The molecule has 0 aromatic heterocycles. The van der Waals surface area contributed by atoms with Gasteiger partial charge in [0.2, 0.25) is 0 Å². The maximum atomic E-state index is 12.4. The number of hydrogen-bond acceptors (Lipinski definition) is 0. The van der Waals surface area contributed by atoms with Crippen LogP contribution in [0.25, 0.3) is 0 Å². The van der Waals surface area contributed by atoms with Crippen molar-refractivity contribution in [3.8, 4) is 0 Å². The summed E-state index contributed by atoms with van der Waals surface area (Å²) < 4.78 is 12.4. The summed E-state index contributed by atoms with van der Waals surface area (Å²) in [6.45, 7) is -0.350. The van der Waals surface area contributed by atoms with Crippen LogP contribution in [0, 0.1) is 17.8 Å². The maximum Gasteiger partial charge on any atom is 0.115 e.